The number of rotatable bonds is 3. The summed E-state index contributed by atoms with van der Waals surface area (Å²) in [6.07, 6.45) is -9.06. The molecule has 0 amide bonds. The molecule has 126 valence electrons. The van der Waals surface area contributed by atoms with Gasteiger partial charge in [-0.3, -0.25) is 5.43 Å². The van der Waals surface area contributed by atoms with Gasteiger partial charge in [-0.25, -0.2) is 0 Å². The first-order chi connectivity index (χ1) is 11.0. The van der Waals surface area contributed by atoms with Crippen LogP contribution in [0.2, 0.25) is 0 Å². The fourth-order valence-corrected chi connectivity index (χ4v) is 1.51. The third kappa shape index (κ3) is 5.02. The van der Waals surface area contributed by atoms with E-state index in [2.05, 4.69) is 10.5 Å². The fourth-order valence-electron chi connectivity index (χ4n) is 1.51. The highest BCUT2D eigenvalue weighted by molar-refractivity contribution is 5.99. The molecule has 1 N–H and O–H groups in total. The molecule has 0 saturated heterocycles. The Morgan fingerprint density at radius 1 is 1.00 bits per heavy atom. The maximum absolute atomic E-state index is 12.7. The maximum atomic E-state index is 12.7. The predicted octanol–water partition coefficient (Wildman–Crippen LogP) is 3.97. The first kappa shape index (κ1) is 19.0. The maximum Gasteiger partial charge on any atom is 0.416 e. The van der Waals surface area contributed by atoms with E-state index in [-0.39, 0.29) is 17.4 Å². The second-order valence-corrected chi connectivity index (χ2v) is 4.40. The third-order valence-electron chi connectivity index (χ3n) is 2.69. The van der Waals surface area contributed by atoms with Crippen molar-refractivity contribution in [3.05, 3.63) is 46.7 Å². The fraction of sp³-hybridized carbons (Fsp3) is 0.214. The van der Waals surface area contributed by atoms with Crippen molar-refractivity contribution >= 4 is 5.71 Å². The Hall–Kier alpha value is -3.01. The first-order valence-electron chi connectivity index (χ1n) is 6.09. The van der Waals surface area contributed by atoms with E-state index < -0.39 is 29.0 Å². The van der Waals surface area contributed by atoms with Crippen LogP contribution in [0.25, 0.3) is 0 Å². The summed E-state index contributed by atoms with van der Waals surface area (Å²) < 4.78 is 76.5. The summed E-state index contributed by atoms with van der Waals surface area (Å²) in [5.74, 6) is 0. The van der Waals surface area contributed by atoms with E-state index in [9.17, 15) is 26.3 Å². The molecule has 0 fully saturated rings. The van der Waals surface area contributed by atoms with Gasteiger partial charge in [-0.15, -0.1) is 0 Å². The Morgan fingerprint density at radius 2 is 1.46 bits per heavy atom. The van der Waals surface area contributed by atoms with Crippen molar-refractivity contribution in [1.29, 1.82) is 10.5 Å². The van der Waals surface area contributed by atoms with Crippen molar-refractivity contribution < 1.29 is 26.3 Å². The molecule has 0 aliphatic heterocycles. The van der Waals surface area contributed by atoms with Gasteiger partial charge in [-0.1, -0.05) is 0 Å². The summed E-state index contributed by atoms with van der Waals surface area (Å²) in [6, 6.07) is 4.04. The Morgan fingerprint density at radius 3 is 1.83 bits per heavy atom. The standard InChI is InChI=1S/C14H8F6N4/c1-8(24-23-7-9(5-21)6-22)10-2-11(13(15,16)17)4-12(3-10)14(18,19)20/h2-4,7,23H,1H3/b24-8+. The van der Waals surface area contributed by atoms with Gasteiger partial charge in [0.2, 0.25) is 0 Å². The lowest BCUT2D eigenvalue weighted by molar-refractivity contribution is -0.143. The van der Waals surface area contributed by atoms with Crippen LogP contribution < -0.4 is 5.43 Å². The van der Waals surface area contributed by atoms with E-state index in [1.54, 1.807) is 0 Å². The average Bonchev–Trinajstić information content (AvgIpc) is 2.49. The largest absolute Gasteiger partial charge is 0.416 e. The number of alkyl halides is 6. The molecule has 0 spiro atoms. The lowest BCUT2D eigenvalue weighted by Gasteiger charge is -2.14. The van der Waals surface area contributed by atoms with Crippen molar-refractivity contribution in [2.75, 3.05) is 0 Å². The van der Waals surface area contributed by atoms with Gasteiger partial charge in [-0.05, 0) is 30.7 Å². The topological polar surface area (TPSA) is 72.0 Å². The smallest absolute Gasteiger partial charge is 0.283 e. The molecule has 0 saturated carbocycles. The monoisotopic (exact) mass is 346 g/mol. The van der Waals surface area contributed by atoms with Crippen molar-refractivity contribution in [2.24, 2.45) is 5.10 Å². The second-order valence-electron chi connectivity index (χ2n) is 4.40. The van der Waals surface area contributed by atoms with E-state index in [0.717, 1.165) is 6.20 Å². The molecule has 1 rings (SSSR count). The van der Waals surface area contributed by atoms with Gasteiger partial charge in [0.1, 0.15) is 17.7 Å². The third-order valence-corrected chi connectivity index (χ3v) is 2.69. The summed E-state index contributed by atoms with van der Waals surface area (Å²) in [5.41, 5.74) is -1.78. The van der Waals surface area contributed by atoms with Gasteiger partial charge < -0.3 is 0 Å². The molecule has 24 heavy (non-hydrogen) atoms. The number of hydrogen-bond acceptors (Lipinski definition) is 4. The number of hydrazone groups is 1. The lowest BCUT2D eigenvalue weighted by atomic mass is 10.0. The molecule has 0 heterocycles. The van der Waals surface area contributed by atoms with Crippen molar-refractivity contribution in [2.45, 2.75) is 19.3 Å². The number of nitriles is 2. The van der Waals surface area contributed by atoms with Crippen molar-refractivity contribution in [3.63, 3.8) is 0 Å². The van der Waals surface area contributed by atoms with Gasteiger partial charge in [0, 0.05) is 6.20 Å². The molecule has 0 aliphatic carbocycles. The van der Waals surface area contributed by atoms with Crippen LogP contribution in [-0.2, 0) is 12.4 Å². The minimum absolute atomic E-state index is 0.00752. The summed E-state index contributed by atoms with van der Waals surface area (Å²) >= 11 is 0. The quantitative estimate of drug-likeness (QED) is 0.390. The van der Waals surface area contributed by atoms with Crippen LogP contribution in [0.3, 0.4) is 0 Å². The molecule has 10 heteroatoms. The van der Waals surface area contributed by atoms with E-state index in [0.29, 0.717) is 12.1 Å². The van der Waals surface area contributed by atoms with Crippen LogP contribution in [0.1, 0.15) is 23.6 Å². The highest BCUT2D eigenvalue weighted by Gasteiger charge is 2.37. The van der Waals surface area contributed by atoms with E-state index in [1.807, 2.05) is 0 Å². The molecular weight excluding hydrogens is 338 g/mol. The van der Waals surface area contributed by atoms with Gasteiger partial charge >= 0.3 is 12.4 Å². The van der Waals surface area contributed by atoms with Crippen LogP contribution in [-0.4, -0.2) is 5.71 Å². The highest BCUT2D eigenvalue weighted by atomic mass is 19.4. The summed E-state index contributed by atoms with van der Waals surface area (Å²) in [4.78, 5) is 0. The SMILES string of the molecule is C/C(=N\NC=C(C#N)C#N)c1cc(C(F)(F)F)cc(C(F)(F)F)c1. The Kier molecular flexibility index (Phi) is 5.59. The molecule has 0 atom stereocenters. The molecule has 1 aromatic carbocycles. The number of nitrogens with one attached hydrogen (secondary N) is 1. The molecular formula is C14H8F6N4. The summed E-state index contributed by atoms with van der Waals surface area (Å²) in [7, 11) is 0. The Balaban J connectivity index is 3.30. The van der Waals surface area contributed by atoms with Gasteiger partial charge in [-0.2, -0.15) is 42.0 Å². The zero-order chi connectivity index (χ0) is 18.5. The number of benzene rings is 1. The number of nitrogens with zero attached hydrogens (tertiary/aromatic N) is 3. The van der Waals surface area contributed by atoms with Gasteiger partial charge in [0.05, 0.1) is 16.8 Å². The van der Waals surface area contributed by atoms with E-state index in [4.69, 9.17) is 10.5 Å². The number of allylic oxidation sites excluding steroid dienone is 1. The Bertz CT molecular complexity index is 711. The van der Waals surface area contributed by atoms with Crippen LogP contribution in [0.15, 0.2) is 35.1 Å². The van der Waals surface area contributed by atoms with Crippen molar-refractivity contribution in [3.8, 4) is 12.1 Å². The van der Waals surface area contributed by atoms with Crippen LogP contribution in [0.4, 0.5) is 26.3 Å². The van der Waals surface area contributed by atoms with Crippen LogP contribution in [0, 0.1) is 22.7 Å². The summed E-state index contributed by atoms with van der Waals surface area (Å²) in [5, 5.41) is 20.5. The van der Waals surface area contributed by atoms with Crippen molar-refractivity contribution in [1.82, 2.24) is 5.43 Å². The molecule has 0 unspecified atom stereocenters. The van der Waals surface area contributed by atoms with E-state index in [1.165, 1.54) is 19.1 Å². The molecule has 0 aliphatic rings. The molecule has 0 bridgehead atoms. The average molecular weight is 346 g/mol. The van der Waals surface area contributed by atoms with Crippen LogP contribution >= 0.6 is 0 Å². The molecule has 0 aromatic heterocycles. The number of hydrogen-bond donors (Lipinski definition) is 1. The van der Waals surface area contributed by atoms with Crippen LogP contribution in [0.5, 0.6) is 0 Å². The molecule has 0 radical (unpaired) electrons. The first-order valence-corrected chi connectivity index (χ1v) is 6.09. The zero-order valence-electron chi connectivity index (χ0n) is 11.9. The minimum atomic E-state index is -4.96. The Labute approximate surface area is 132 Å². The minimum Gasteiger partial charge on any atom is -0.283 e. The predicted molar refractivity (Wildman–Crippen MR) is 71.1 cm³/mol. The normalized spacial score (nSPS) is 12.1. The molecule has 4 nitrogen and oxygen atoms in total. The zero-order valence-corrected chi connectivity index (χ0v) is 11.9. The highest BCUT2D eigenvalue weighted by Crippen LogP contribution is 2.36. The van der Waals surface area contributed by atoms with Gasteiger partial charge in [0.15, 0.2) is 0 Å². The van der Waals surface area contributed by atoms with Gasteiger partial charge in [0.25, 0.3) is 0 Å². The summed E-state index contributed by atoms with van der Waals surface area (Å²) in [6.45, 7) is 1.18. The van der Waals surface area contributed by atoms with E-state index >= 15 is 0 Å². The lowest BCUT2D eigenvalue weighted by Crippen LogP contribution is -2.13. The molecule has 1 aromatic rings. The number of halogens is 6. The second kappa shape index (κ2) is 7.04.